The molecule has 5 nitrogen and oxygen atoms in total. The van der Waals surface area contributed by atoms with Gasteiger partial charge in [-0.3, -0.25) is 4.79 Å². The smallest absolute Gasteiger partial charge is 0.305 e. The molecule has 0 aromatic heterocycles. The minimum Gasteiger partial charge on any atom is -0.469 e. The van der Waals surface area contributed by atoms with Crippen LogP contribution in [0.25, 0.3) is 0 Å². The van der Waals surface area contributed by atoms with Crippen LogP contribution in [0.5, 0.6) is 0 Å². The second-order valence-electron chi connectivity index (χ2n) is 14.8. The van der Waals surface area contributed by atoms with Crippen LogP contribution in [0, 0.1) is 50.7 Å². The van der Waals surface area contributed by atoms with Gasteiger partial charge in [-0.2, -0.15) is 0 Å². The Labute approximate surface area is 211 Å². The fraction of sp³-hybridized carbons (Fsp3) is 0.967. The van der Waals surface area contributed by atoms with Gasteiger partial charge >= 0.3 is 5.97 Å². The lowest BCUT2D eigenvalue weighted by Crippen LogP contribution is -2.59. The van der Waals surface area contributed by atoms with Gasteiger partial charge in [-0.1, -0.05) is 34.6 Å². The third-order valence-corrected chi connectivity index (χ3v) is 13.8. The van der Waals surface area contributed by atoms with E-state index in [0.717, 1.165) is 19.3 Å². The fourth-order valence-corrected chi connectivity index (χ4v) is 12.0. The van der Waals surface area contributed by atoms with Gasteiger partial charge < -0.3 is 19.7 Å². The van der Waals surface area contributed by atoms with E-state index in [4.69, 9.17) is 9.47 Å². The Morgan fingerprint density at radius 2 is 1.69 bits per heavy atom. The SMILES string of the molecule is COC(=O)CCC1C[C@@H](C)C2C(O1)[C@H](O)[C@@]1(C)[C@@H]3CC[C@H]4C(C)(C)[C@@H](O)CC[C@@]45CC35CC[C@]21C. The molecule has 1 saturated heterocycles. The molecule has 1 aliphatic heterocycles. The van der Waals surface area contributed by atoms with E-state index in [1.165, 1.54) is 39.2 Å². The zero-order valence-corrected chi connectivity index (χ0v) is 22.8. The summed E-state index contributed by atoms with van der Waals surface area (Å²) in [4.78, 5) is 11.8. The Morgan fingerprint density at radius 3 is 2.40 bits per heavy atom. The van der Waals surface area contributed by atoms with Crippen molar-refractivity contribution in [1.29, 1.82) is 0 Å². The maximum Gasteiger partial charge on any atom is 0.305 e. The largest absolute Gasteiger partial charge is 0.469 e. The Kier molecular flexibility index (Phi) is 5.27. The first kappa shape index (κ1) is 24.7. The highest BCUT2D eigenvalue weighted by atomic mass is 16.5. The van der Waals surface area contributed by atoms with Gasteiger partial charge in [-0.25, -0.2) is 0 Å². The summed E-state index contributed by atoms with van der Waals surface area (Å²) in [6.07, 6.45) is 9.47. The van der Waals surface area contributed by atoms with Crippen LogP contribution in [0.2, 0.25) is 0 Å². The summed E-state index contributed by atoms with van der Waals surface area (Å²) in [6, 6.07) is 0. The number of methoxy groups -OCH3 is 1. The van der Waals surface area contributed by atoms with Crippen molar-refractivity contribution in [3.05, 3.63) is 0 Å². The molecule has 0 aromatic carbocycles. The van der Waals surface area contributed by atoms with Crippen LogP contribution in [0.4, 0.5) is 0 Å². The summed E-state index contributed by atoms with van der Waals surface area (Å²) < 4.78 is 11.6. The number of carbonyl (C=O) groups excluding carboxylic acids is 1. The highest BCUT2D eigenvalue weighted by Gasteiger charge is 2.84. The second kappa shape index (κ2) is 7.47. The number of aliphatic hydroxyl groups excluding tert-OH is 2. The molecular weight excluding hydrogens is 440 g/mol. The van der Waals surface area contributed by atoms with Gasteiger partial charge in [0.1, 0.15) is 0 Å². The molecule has 4 unspecified atom stereocenters. The molecule has 0 amide bonds. The number of fused-ring (bicyclic) bond motifs is 4. The van der Waals surface area contributed by atoms with Gasteiger partial charge in [0.25, 0.3) is 0 Å². The lowest BCUT2D eigenvalue weighted by Gasteiger charge is -2.63. The minimum absolute atomic E-state index is 0.0128. The summed E-state index contributed by atoms with van der Waals surface area (Å²) in [5.41, 5.74) is 0.609. The van der Waals surface area contributed by atoms with Crippen LogP contribution in [0.15, 0.2) is 0 Å². The topological polar surface area (TPSA) is 76.0 Å². The third-order valence-electron chi connectivity index (χ3n) is 13.8. The second-order valence-corrected chi connectivity index (χ2v) is 14.8. The summed E-state index contributed by atoms with van der Waals surface area (Å²) in [5.74, 6) is 1.79. The molecule has 5 heteroatoms. The number of hydrogen-bond acceptors (Lipinski definition) is 5. The van der Waals surface area contributed by atoms with Gasteiger partial charge in [0.2, 0.25) is 0 Å². The van der Waals surface area contributed by atoms with Crippen LogP contribution >= 0.6 is 0 Å². The number of hydrogen-bond donors (Lipinski definition) is 2. The molecule has 1 heterocycles. The highest BCUT2D eigenvalue weighted by Crippen LogP contribution is 2.89. The molecule has 0 aromatic rings. The molecular formula is C30H48O5. The van der Waals surface area contributed by atoms with E-state index in [-0.39, 0.29) is 40.5 Å². The first-order valence-corrected chi connectivity index (χ1v) is 14.5. The molecule has 5 aliphatic carbocycles. The van der Waals surface area contributed by atoms with Crippen LogP contribution in [-0.4, -0.2) is 47.7 Å². The zero-order chi connectivity index (χ0) is 25.2. The quantitative estimate of drug-likeness (QED) is 0.540. The average Bonchev–Trinajstić information content (AvgIpc) is 3.45. The molecule has 6 fully saturated rings. The predicted molar refractivity (Wildman–Crippen MR) is 133 cm³/mol. The van der Waals surface area contributed by atoms with E-state index in [2.05, 4.69) is 34.6 Å². The van der Waals surface area contributed by atoms with Crippen LogP contribution < -0.4 is 0 Å². The molecule has 198 valence electrons. The number of carbonyl (C=O) groups is 1. The Balaban J connectivity index is 1.31. The van der Waals surface area contributed by atoms with Crippen molar-refractivity contribution in [2.24, 2.45) is 50.7 Å². The average molecular weight is 489 g/mol. The standard InChI is InChI=1S/C30H48O5/c1-17-15-18(7-10-22(32)34-6)35-24-23(17)27(4)13-14-30-16-29(30)12-11-21(31)26(2,3)19(29)8-9-20(30)28(27,5)25(24)33/h17-21,23-25,31,33H,7-16H2,1-6H3/t17-,18?,19+,20+,21+,23?,24?,25+,27-,28-,29-,30?/m1/s1. The van der Waals surface area contributed by atoms with Crippen molar-refractivity contribution in [1.82, 2.24) is 0 Å². The van der Waals surface area contributed by atoms with E-state index in [0.29, 0.717) is 47.3 Å². The fourth-order valence-electron chi connectivity index (χ4n) is 12.0. The first-order chi connectivity index (χ1) is 16.4. The monoisotopic (exact) mass is 488 g/mol. The predicted octanol–water partition coefficient (Wildman–Crippen LogP) is 5.11. The summed E-state index contributed by atoms with van der Waals surface area (Å²) in [7, 11) is 1.44. The third kappa shape index (κ3) is 2.79. The molecule has 6 rings (SSSR count). The van der Waals surface area contributed by atoms with Gasteiger partial charge in [0, 0.05) is 11.8 Å². The van der Waals surface area contributed by atoms with Crippen molar-refractivity contribution < 1.29 is 24.5 Å². The van der Waals surface area contributed by atoms with Crippen molar-refractivity contribution in [3.8, 4) is 0 Å². The number of rotatable bonds is 3. The Hall–Kier alpha value is -0.650. The molecule has 12 atom stereocenters. The molecule has 2 spiro atoms. The van der Waals surface area contributed by atoms with Crippen LogP contribution in [0.1, 0.15) is 98.8 Å². The zero-order valence-electron chi connectivity index (χ0n) is 22.8. The molecule has 6 aliphatic rings. The van der Waals surface area contributed by atoms with Gasteiger partial charge in [0.15, 0.2) is 0 Å². The molecule has 0 radical (unpaired) electrons. The molecule has 0 bridgehead atoms. The van der Waals surface area contributed by atoms with Crippen molar-refractivity contribution in [2.45, 2.75) is 123 Å². The van der Waals surface area contributed by atoms with Crippen LogP contribution in [0.3, 0.4) is 0 Å². The summed E-state index contributed by atoms with van der Waals surface area (Å²) >= 11 is 0. The van der Waals surface area contributed by atoms with Crippen molar-refractivity contribution >= 4 is 5.97 Å². The van der Waals surface area contributed by atoms with E-state index >= 15 is 0 Å². The van der Waals surface area contributed by atoms with E-state index < -0.39 is 6.10 Å². The van der Waals surface area contributed by atoms with E-state index in [1.807, 2.05) is 0 Å². The summed E-state index contributed by atoms with van der Waals surface area (Å²) in [6.45, 7) is 11.9. The molecule has 35 heavy (non-hydrogen) atoms. The van der Waals surface area contributed by atoms with Gasteiger partial charge in [-0.05, 0) is 103 Å². The van der Waals surface area contributed by atoms with Crippen molar-refractivity contribution in [3.63, 3.8) is 0 Å². The maximum absolute atomic E-state index is 12.2. The first-order valence-electron chi connectivity index (χ1n) is 14.5. The van der Waals surface area contributed by atoms with E-state index in [1.54, 1.807) is 0 Å². The lowest BCUT2D eigenvalue weighted by molar-refractivity contribution is -0.182. The van der Waals surface area contributed by atoms with Gasteiger partial charge in [-0.15, -0.1) is 0 Å². The maximum atomic E-state index is 12.2. The van der Waals surface area contributed by atoms with E-state index in [9.17, 15) is 15.0 Å². The number of ether oxygens (including phenoxy) is 2. The molecule has 2 N–H and O–H groups in total. The lowest BCUT2D eigenvalue weighted by atomic mass is 9.41. The molecule has 5 saturated carbocycles. The van der Waals surface area contributed by atoms with Crippen LogP contribution in [-0.2, 0) is 14.3 Å². The minimum atomic E-state index is -0.459. The normalized spacial score (nSPS) is 57.7. The Bertz CT molecular complexity index is 901. The number of esters is 1. The van der Waals surface area contributed by atoms with Gasteiger partial charge in [0.05, 0.1) is 31.5 Å². The number of aliphatic hydroxyl groups is 2. The van der Waals surface area contributed by atoms with Crippen molar-refractivity contribution in [2.75, 3.05) is 7.11 Å². The Morgan fingerprint density at radius 1 is 1.00 bits per heavy atom. The highest BCUT2D eigenvalue weighted by molar-refractivity contribution is 5.69. The summed E-state index contributed by atoms with van der Waals surface area (Å²) in [5, 5.41) is 23.0.